The highest BCUT2D eigenvalue weighted by molar-refractivity contribution is 5.62. The Kier molecular flexibility index (Phi) is 6.15. The van der Waals surface area contributed by atoms with Gasteiger partial charge in [-0.3, -0.25) is 9.78 Å². The summed E-state index contributed by atoms with van der Waals surface area (Å²) >= 11 is 0. The summed E-state index contributed by atoms with van der Waals surface area (Å²) in [5.74, 6) is 0.379. The van der Waals surface area contributed by atoms with Crippen LogP contribution in [0.2, 0.25) is 0 Å². The number of hydrogen-bond acceptors (Lipinski definition) is 7. The second-order valence-electron chi connectivity index (χ2n) is 7.46. The van der Waals surface area contributed by atoms with Crippen LogP contribution in [0.4, 0.5) is 27.6 Å². The quantitative estimate of drug-likeness (QED) is 0.490. The van der Waals surface area contributed by atoms with Gasteiger partial charge in [-0.15, -0.1) is 0 Å². The van der Waals surface area contributed by atoms with Gasteiger partial charge >= 0.3 is 6.18 Å². The fraction of sp³-hybridized carbons (Fsp3) is 0.400. The highest BCUT2D eigenvalue weighted by Gasteiger charge is 2.32. The minimum absolute atomic E-state index is 0.0229. The lowest BCUT2D eigenvalue weighted by atomic mass is 10.1. The van der Waals surface area contributed by atoms with E-state index < -0.39 is 30.5 Å². The molecule has 0 N–H and O–H groups in total. The first-order chi connectivity index (χ1) is 15.6. The van der Waals surface area contributed by atoms with Crippen molar-refractivity contribution in [3.8, 4) is 11.3 Å². The van der Waals surface area contributed by atoms with Crippen molar-refractivity contribution in [2.45, 2.75) is 32.2 Å². The second kappa shape index (κ2) is 8.89. The first-order valence-electron chi connectivity index (χ1n) is 9.82. The largest absolute Gasteiger partial charge is 0.433 e. The molecule has 176 valence electrons. The molecule has 3 aromatic heterocycles. The van der Waals surface area contributed by atoms with Crippen LogP contribution >= 0.6 is 0 Å². The lowest BCUT2D eigenvalue weighted by Gasteiger charge is -2.40. The average Bonchev–Trinajstić information content (AvgIpc) is 3.08. The number of nitrogens with zero attached hydrogens (tertiary/aromatic N) is 5. The molecule has 0 unspecified atom stereocenters. The van der Waals surface area contributed by atoms with E-state index in [2.05, 4.69) is 15.2 Å². The van der Waals surface area contributed by atoms with E-state index in [0.29, 0.717) is 35.7 Å². The van der Waals surface area contributed by atoms with Gasteiger partial charge in [0.05, 0.1) is 24.5 Å². The molecule has 0 radical (unpaired) electrons. The van der Waals surface area contributed by atoms with Gasteiger partial charge in [-0.1, -0.05) is 5.16 Å². The van der Waals surface area contributed by atoms with Crippen molar-refractivity contribution in [1.29, 1.82) is 0 Å². The van der Waals surface area contributed by atoms with Crippen molar-refractivity contribution < 1.29 is 31.2 Å². The Hall–Kier alpha value is -3.35. The predicted octanol–water partition coefficient (Wildman–Crippen LogP) is 3.14. The smallest absolute Gasteiger partial charge is 0.369 e. The zero-order chi connectivity index (χ0) is 23.8. The number of aryl methyl sites for hydroxylation is 1. The van der Waals surface area contributed by atoms with E-state index in [1.165, 1.54) is 18.3 Å². The van der Waals surface area contributed by atoms with Crippen molar-refractivity contribution in [2.24, 2.45) is 0 Å². The molecule has 4 rings (SSSR count). The molecule has 8 nitrogen and oxygen atoms in total. The zero-order valence-electron chi connectivity index (χ0n) is 17.2. The molecule has 13 heteroatoms. The van der Waals surface area contributed by atoms with Gasteiger partial charge in [0.25, 0.3) is 12.0 Å². The molecule has 1 fully saturated rings. The molecular formula is C20H18F5N5O3. The minimum atomic E-state index is -4.56. The SMILES string of the molecule is Cc1onc(-c2ccc(C(F)(F)F)nc2)c1Cn1ncc(N2CC(OCC(F)F)C2)cc1=O. The van der Waals surface area contributed by atoms with Crippen LogP contribution in [0, 0.1) is 6.92 Å². The zero-order valence-corrected chi connectivity index (χ0v) is 17.2. The molecule has 33 heavy (non-hydrogen) atoms. The molecule has 1 aliphatic rings. The Morgan fingerprint density at radius 3 is 2.61 bits per heavy atom. The van der Waals surface area contributed by atoms with Crippen LogP contribution < -0.4 is 10.5 Å². The molecule has 3 aromatic rings. The molecule has 1 saturated heterocycles. The first-order valence-corrected chi connectivity index (χ1v) is 9.82. The van der Waals surface area contributed by atoms with E-state index in [9.17, 15) is 26.7 Å². The second-order valence-corrected chi connectivity index (χ2v) is 7.46. The molecule has 0 bridgehead atoms. The molecule has 0 spiro atoms. The van der Waals surface area contributed by atoms with Crippen molar-refractivity contribution in [3.05, 3.63) is 58.0 Å². The number of halogens is 5. The third kappa shape index (κ3) is 5.02. The normalized spacial score (nSPS) is 14.7. The van der Waals surface area contributed by atoms with E-state index in [0.717, 1.165) is 16.9 Å². The van der Waals surface area contributed by atoms with Crippen molar-refractivity contribution in [2.75, 3.05) is 24.6 Å². The summed E-state index contributed by atoms with van der Waals surface area (Å²) in [6.07, 6.45) is -4.92. The number of pyridine rings is 1. The standard InChI is InChI=1S/C20H18F5N5O3/c1-11-15(19(28-33-11)12-2-3-16(26-5-12)20(23,24)25)9-30-18(31)4-13(6-27-30)29-7-14(8-29)32-10-17(21)22/h2-6,14,17H,7-10H2,1H3. The van der Waals surface area contributed by atoms with Crippen LogP contribution in [-0.4, -0.2) is 52.1 Å². The van der Waals surface area contributed by atoms with Crippen LogP contribution in [0.1, 0.15) is 17.0 Å². The van der Waals surface area contributed by atoms with Gasteiger partial charge < -0.3 is 14.2 Å². The number of rotatable bonds is 7. The third-order valence-corrected chi connectivity index (χ3v) is 5.15. The predicted molar refractivity (Wildman–Crippen MR) is 105 cm³/mol. The monoisotopic (exact) mass is 471 g/mol. The summed E-state index contributed by atoms with van der Waals surface area (Å²) in [7, 11) is 0. The van der Waals surface area contributed by atoms with Crippen LogP contribution in [0.5, 0.6) is 0 Å². The lowest BCUT2D eigenvalue weighted by molar-refractivity contribution is -0.141. The fourth-order valence-corrected chi connectivity index (χ4v) is 3.33. The Bertz CT molecular complexity index is 1170. The Labute approximate surface area is 183 Å². The minimum Gasteiger partial charge on any atom is -0.369 e. The number of hydrogen-bond donors (Lipinski definition) is 0. The Morgan fingerprint density at radius 1 is 1.24 bits per heavy atom. The number of anilines is 1. The molecule has 0 amide bonds. The summed E-state index contributed by atoms with van der Waals surface area (Å²) in [5, 5.41) is 8.04. The molecule has 4 heterocycles. The van der Waals surface area contributed by atoms with Gasteiger partial charge in [0.1, 0.15) is 23.8 Å². The van der Waals surface area contributed by atoms with E-state index in [-0.39, 0.29) is 18.3 Å². The highest BCUT2D eigenvalue weighted by atomic mass is 19.4. The van der Waals surface area contributed by atoms with E-state index in [1.807, 2.05) is 0 Å². The maximum absolute atomic E-state index is 12.8. The number of ether oxygens (including phenoxy) is 1. The van der Waals surface area contributed by atoms with E-state index >= 15 is 0 Å². The van der Waals surface area contributed by atoms with Crippen LogP contribution in [0.25, 0.3) is 11.3 Å². The summed E-state index contributed by atoms with van der Waals surface area (Å²) in [6.45, 7) is 1.70. The van der Waals surface area contributed by atoms with Crippen LogP contribution in [-0.2, 0) is 17.5 Å². The van der Waals surface area contributed by atoms with Crippen molar-refractivity contribution >= 4 is 5.69 Å². The molecule has 1 aliphatic heterocycles. The fourth-order valence-electron chi connectivity index (χ4n) is 3.33. The van der Waals surface area contributed by atoms with Crippen molar-refractivity contribution in [3.63, 3.8) is 0 Å². The van der Waals surface area contributed by atoms with Gasteiger partial charge in [-0.2, -0.15) is 18.3 Å². The Balaban J connectivity index is 1.48. The first kappa shape index (κ1) is 22.8. The number of alkyl halides is 5. The Morgan fingerprint density at radius 2 is 2.00 bits per heavy atom. The summed E-state index contributed by atoms with van der Waals surface area (Å²) in [4.78, 5) is 17.8. The van der Waals surface area contributed by atoms with Gasteiger partial charge in [-0.25, -0.2) is 13.5 Å². The van der Waals surface area contributed by atoms with Crippen LogP contribution in [0.3, 0.4) is 0 Å². The van der Waals surface area contributed by atoms with Crippen molar-refractivity contribution in [1.82, 2.24) is 19.9 Å². The summed E-state index contributed by atoms with van der Waals surface area (Å²) < 4.78 is 74.1. The van der Waals surface area contributed by atoms with Crippen LogP contribution in [0.15, 0.2) is 39.9 Å². The molecule has 0 aliphatic carbocycles. The number of aromatic nitrogens is 4. The van der Waals surface area contributed by atoms with E-state index in [1.54, 1.807) is 11.8 Å². The lowest BCUT2D eigenvalue weighted by Crippen LogP contribution is -2.53. The topological polar surface area (TPSA) is 86.3 Å². The maximum Gasteiger partial charge on any atom is 0.433 e. The molecule has 0 saturated carbocycles. The average molecular weight is 471 g/mol. The highest BCUT2D eigenvalue weighted by Crippen LogP contribution is 2.30. The van der Waals surface area contributed by atoms with Gasteiger partial charge in [-0.05, 0) is 19.1 Å². The van der Waals surface area contributed by atoms with Gasteiger partial charge in [0, 0.05) is 36.5 Å². The summed E-state index contributed by atoms with van der Waals surface area (Å²) in [5.41, 5.74) is 0.102. The third-order valence-electron chi connectivity index (χ3n) is 5.15. The van der Waals surface area contributed by atoms with Gasteiger partial charge in [0.2, 0.25) is 0 Å². The molecule has 0 aromatic carbocycles. The van der Waals surface area contributed by atoms with E-state index in [4.69, 9.17) is 9.26 Å². The van der Waals surface area contributed by atoms with Gasteiger partial charge in [0.15, 0.2) is 0 Å². The summed E-state index contributed by atoms with van der Waals surface area (Å²) in [6, 6.07) is 3.43. The molecule has 0 atom stereocenters. The molecular weight excluding hydrogens is 453 g/mol. The maximum atomic E-state index is 12.8.